The molecule has 0 saturated carbocycles. The second-order valence-corrected chi connectivity index (χ2v) is 16.5. The summed E-state index contributed by atoms with van der Waals surface area (Å²) < 4.78 is 36.1. The molecule has 2 fully saturated rings. The van der Waals surface area contributed by atoms with E-state index in [9.17, 15) is 28.4 Å². The highest BCUT2D eigenvalue weighted by Crippen LogP contribution is 2.35. The molecule has 20 heteroatoms. The highest BCUT2D eigenvalue weighted by molar-refractivity contribution is 7.99. The normalized spacial score (nSPS) is 16.7. The number of anilines is 3. The Morgan fingerprint density at radius 1 is 0.984 bits per heavy atom. The predicted octanol–water partition coefficient (Wildman–Crippen LogP) is 4.42. The lowest BCUT2D eigenvalue weighted by molar-refractivity contribution is -0.138. The van der Waals surface area contributed by atoms with Crippen molar-refractivity contribution < 1.29 is 47.3 Å². The number of aromatic nitrogens is 2. The standard InChI is InChI=1S/C44H48ClFN8O9S/c1-60-37-24-34-30(42(48-27-47-34)49-28-7-8-33(46)32(45)22-28)23-35(37)50-39(55)6-3-11-52-12-14-53(15-13-52)41(57)26-63-19-18-61-16-17-62-20-21-64-38-5-2-4-29-31(38)25-54(44(29)59)36-9-10-40(56)51-43(36)58/h2-8,22-24,27,36H,9-21,25-26H2,1H3,(H,50,55)(H,47,48,49)(H,51,56,58)/b6-3+. The number of methoxy groups -OCH3 is 1. The minimum atomic E-state index is -0.649. The van der Waals surface area contributed by atoms with Gasteiger partial charge in [0.1, 0.15) is 36.4 Å². The van der Waals surface area contributed by atoms with E-state index in [0.717, 1.165) is 10.5 Å². The minimum absolute atomic E-state index is 0.0349. The van der Waals surface area contributed by atoms with E-state index in [-0.39, 0.29) is 48.3 Å². The molecule has 64 heavy (non-hydrogen) atoms. The summed E-state index contributed by atoms with van der Waals surface area (Å²) in [6.07, 6.45) is 5.14. The second-order valence-electron chi connectivity index (χ2n) is 14.9. The maximum Gasteiger partial charge on any atom is 0.255 e. The molecule has 0 radical (unpaired) electrons. The number of imide groups is 1. The molecule has 1 atom stereocenters. The van der Waals surface area contributed by atoms with Crippen LogP contribution in [0.25, 0.3) is 10.9 Å². The zero-order valence-electron chi connectivity index (χ0n) is 35.1. The molecular formula is C44H48ClFN8O9S. The van der Waals surface area contributed by atoms with Crippen molar-refractivity contribution >= 4 is 81.0 Å². The van der Waals surface area contributed by atoms with E-state index in [4.69, 9.17) is 30.5 Å². The predicted molar refractivity (Wildman–Crippen MR) is 237 cm³/mol. The van der Waals surface area contributed by atoms with Crippen molar-refractivity contribution in [3.63, 3.8) is 0 Å². The van der Waals surface area contributed by atoms with Crippen molar-refractivity contribution in [2.24, 2.45) is 0 Å². The van der Waals surface area contributed by atoms with E-state index in [1.807, 2.05) is 12.1 Å². The maximum atomic E-state index is 13.7. The fourth-order valence-corrected chi connectivity index (χ4v) is 8.54. The van der Waals surface area contributed by atoms with Gasteiger partial charge in [0.2, 0.25) is 23.6 Å². The van der Waals surface area contributed by atoms with Crippen LogP contribution in [0.1, 0.15) is 28.8 Å². The summed E-state index contributed by atoms with van der Waals surface area (Å²) >= 11 is 7.53. The van der Waals surface area contributed by atoms with E-state index in [1.54, 1.807) is 45.8 Å². The van der Waals surface area contributed by atoms with Crippen LogP contribution in [0.4, 0.5) is 21.6 Å². The lowest BCUT2D eigenvalue weighted by Gasteiger charge is -2.34. The summed E-state index contributed by atoms with van der Waals surface area (Å²) in [6.45, 7) is 5.00. The first-order valence-corrected chi connectivity index (χ1v) is 22.1. The molecule has 4 heterocycles. The number of carbonyl (C=O) groups excluding carboxylic acids is 5. The van der Waals surface area contributed by atoms with Crippen LogP contribution in [0, 0.1) is 5.82 Å². The first kappa shape index (κ1) is 46.3. The van der Waals surface area contributed by atoms with Crippen LogP contribution < -0.4 is 20.7 Å². The fourth-order valence-electron chi connectivity index (χ4n) is 7.42. The summed E-state index contributed by atoms with van der Waals surface area (Å²) in [6, 6.07) is 12.5. The number of carbonyl (C=O) groups is 5. The van der Waals surface area contributed by atoms with Gasteiger partial charge in [0.05, 0.1) is 56.4 Å². The highest BCUT2D eigenvalue weighted by atomic mass is 35.5. The molecule has 7 rings (SSSR count). The third-order valence-electron chi connectivity index (χ3n) is 10.7. The number of piperidine rings is 1. The number of nitrogens with zero attached hydrogens (tertiary/aromatic N) is 5. The molecule has 0 bridgehead atoms. The number of amides is 5. The Morgan fingerprint density at radius 2 is 1.77 bits per heavy atom. The summed E-state index contributed by atoms with van der Waals surface area (Å²) in [7, 11) is 1.49. The van der Waals surface area contributed by atoms with Crippen LogP contribution >= 0.6 is 23.4 Å². The lowest BCUT2D eigenvalue weighted by atomic mass is 10.0. The van der Waals surface area contributed by atoms with Gasteiger partial charge in [-0.1, -0.05) is 23.7 Å². The Bertz CT molecular complexity index is 2400. The number of fused-ring (bicyclic) bond motifs is 2. The third-order valence-corrected chi connectivity index (χ3v) is 12.1. The second kappa shape index (κ2) is 22.3. The molecule has 1 unspecified atom stereocenters. The summed E-state index contributed by atoms with van der Waals surface area (Å²) in [4.78, 5) is 77.7. The van der Waals surface area contributed by atoms with E-state index in [1.165, 1.54) is 37.7 Å². The maximum absolute atomic E-state index is 13.7. The van der Waals surface area contributed by atoms with Gasteiger partial charge < -0.3 is 39.4 Å². The summed E-state index contributed by atoms with van der Waals surface area (Å²) in [5.41, 5.74) is 2.97. The van der Waals surface area contributed by atoms with Crippen molar-refractivity contribution in [2.75, 3.05) is 95.9 Å². The lowest BCUT2D eigenvalue weighted by Crippen LogP contribution is -2.52. The Morgan fingerprint density at radius 3 is 2.53 bits per heavy atom. The molecule has 0 aliphatic carbocycles. The quantitative estimate of drug-likeness (QED) is 0.0489. The van der Waals surface area contributed by atoms with Crippen molar-refractivity contribution in [2.45, 2.75) is 30.3 Å². The van der Waals surface area contributed by atoms with Crippen molar-refractivity contribution in [3.8, 4) is 5.75 Å². The molecule has 338 valence electrons. The fraction of sp³-hybridized carbons (Fsp3) is 0.386. The molecular weight excluding hydrogens is 871 g/mol. The Labute approximate surface area is 378 Å². The monoisotopic (exact) mass is 918 g/mol. The van der Waals surface area contributed by atoms with Crippen molar-refractivity contribution in [1.82, 2.24) is 30.0 Å². The van der Waals surface area contributed by atoms with E-state index in [0.29, 0.717) is 117 Å². The zero-order valence-corrected chi connectivity index (χ0v) is 36.7. The average molecular weight is 919 g/mol. The Hall–Kier alpha value is -5.70. The molecule has 3 N–H and O–H groups in total. The van der Waals surface area contributed by atoms with Crippen LogP contribution in [0.5, 0.6) is 5.75 Å². The number of ether oxygens (including phenoxy) is 4. The zero-order chi connectivity index (χ0) is 45.0. The van der Waals surface area contributed by atoms with E-state index < -0.39 is 17.8 Å². The molecule has 4 aromatic rings. The molecule has 0 spiro atoms. The molecule has 1 aromatic heterocycles. The van der Waals surface area contributed by atoms with Gasteiger partial charge in [-0.25, -0.2) is 14.4 Å². The molecule has 5 amide bonds. The van der Waals surface area contributed by atoms with Crippen LogP contribution in [0.15, 0.2) is 71.9 Å². The number of nitrogens with one attached hydrogen (secondary N) is 3. The van der Waals surface area contributed by atoms with Gasteiger partial charge in [-0.05, 0) is 48.4 Å². The Balaban J connectivity index is 0.735. The minimum Gasteiger partial charge on any atom is -0.494 e. The van der Waals surface area contributed by atoms with E-state index >= 15 is 0 Å². The van der Waals surface area contributed by atoms with Gasteiger partial charge in [0.15, 0.2) is 0 Å². The molecule has 3 aliphatic heterocycles. The summed E-state index contributed by atoms with van der Waals surface area (Å²) in [5, 5.41) is 8.87. The Kier molecular flexibility index (Phi) is 16.1. The topological polar surface area (TPSA) is 194 Å². The van der Waals surface area contributed by atoms with Crippen LogP contribution in [-0.4, -0.2) is 145 Å². The molecule has 17 nitrogen and oxygen atoms in total. The smallest absolute Gasteiger partial charge is 0.255 e. The molecule has 3 aromatic carbocycles. The van der Waals surface area contributed by atoms with Crippen molar-refractivity contribution in [3.05, 3.63) is 89.0 Å². The van der Waals surface area contributed by atoms with Crippen molar-refractivity contribution in [1.29, 1.82) is 0 Å². The number of hydrogen-bond acceptors (Lipinski definition) is 14. The van der Waals surface area contributed by atoms with E-state index in [2.05, 4.69) is 30.8 Å². The molecule has 2 saturated heterocycles. The number of hydrogen-bond donors (Lipinski definition) is 3. The summed E-state index contributed by atoms with van der Waals surface area (Å²) in [5.74, 6) is -0.426. The highest BCUT2D eigenvalue weighted by Gasteiger charge is 2.39. The van der Waals surface area contributed by atoms with Crippen LogP contribution in [-0.2, 0) is 39.9 Å². The average Bonchev–Trinajstić information content (AvgIpc) is 3.62. The first-order valence-electron chi connectivity index (χ1n) is 20.7. The number of thioether (sulfide) groups is 1. The number of piperazine rings is 1. The third kappa shape index (κ3) is 11.9. The largest absolute Gasteiger partial charge is 0.494 e. The first-order chi connectivity index (χ1) is 31.1. The van der Waals surface area contributed by atoms with Gasteiger partial charge >= 0.3 is 0 Å². The van der Waals surface area contributed by atoms with Crippen LogP contribution in [0.3, 0.4) is 0 Å². The van der Waals surface area contributed by atoms with Gasteiger partial charge in [0, 0.05) is 85.1 Å². The SMILES string of the molecule is COc1cc2ncnc(Nc3ccc(F)c(Cl)c3)c2cc1NC(=O)/C=C/CN1CCN(C(=O)COCCOCCOCCSc2cccc3c2CN(C2CCC(=O)NC2=O)C3=O)CC1. The van der Waals surface area contributed by atoms with Crippen LogP contribution in [0.2, 0.25) is 5.02 Å². The number of rotatable bonds is 20. The molecule has 3 aliphatic rings. The van der Waals surface area contributed by atoms with Gasteiger partial charge in [0.25, 0.3) is 5.91 Å². The van der Waals surface area contributed by atoms with Gasteiger partial charge in [-0.15, -0.1) is 11.8 Å². The van der Waals surface area contributed by atoms with Gasteiger partial charge in [-0.3, -0.25) is 34.2 Å². The van der Waals surface area contributed by atoms with Gasteiger partial charge in [-0.2, -0.15) is 0 Å². The number of halogens is 2. The number of benzene rings is 3.